The first-order valence-electron chi connectivity index (χ1n) is 6.64. The lowest BCUT2D eigenvalue weighted by Crippen LogP contribution is -2.49. The van der Waals surface area contributed by atoms with E-state index < -0.39 is 10.0 Å². The van der Waals surface area contributed by atoms with Gasteiger partial charge in [0.05, 0.1) is 11.4 Å². The lowest BCUT2D eigenvalue weighted by Gasteiger charge is -2.27. The molecule has 1 amide bonds. The molecule has 0 unspecified atom stereocenters. The predicted molar refractivity (Wildman–Crippen MR) is 80.8 cm³/mol. The van der Waals surface area contributed by atoms with Crippen LogP contribution in [0.3, 0.4) is 0 Å². The van der Waals surface area contributed by atoms with Crippen LogP contribution >= 0.6 is 11.6 Å². The number of aryl methyl sites for hydroxylation is 1. The van der Waals surface area contributed by atoms with Crippen LogP contribution in [-0.2, 0) is 14.8 Å². The van der Waals surface area contributed by atoms with E-state index in [-0.39, 0.29) is 17.3 Å². The van der Waals surface area contributed by atoms with E-state index in [1.807, 2.05) is 0 Å². The Morgan fingerprint density at radius 2 is 2.05 bits per heavy atom. The van der Waals surface area contributed by atoms with Gasteiger partial charge < -0.3 is 10.2 Å². The van der Waals surface area contributed by atoms with Crippen molar-refractivity contribution in [2.75, 3.05) is 32.7 Å². The molecule has 1 heterocycles. The van der Waals surface area contributed by atoms with Crippen LogP contribution in [0.2, 0.25) is 5.02 Å². The fraction of sp³-hybridized carbons (Fsp3) is 0.462. The standard InChI is InChI=1S/C13H18ClN3O3S/c1-10-8-11(14)2-3-12(10)21(19,20)16-9-13(18)17-6-4-15-5-7-17/h2-3,8,15-16H,4-7,9H2,1H3. The number of benzene rings is 1. The van der Waals surface area contributed by atoms with Crippen LogP contribution in [0.1, 0.15) is 5.56 Å². The Morgan fingerprint density at radius 1 is 1.38 bits per heavy atom. The van der Waals surface area contributed by atoms with E-state index in [4.69, 9.17) is 11.6 Å². The van der Waals surface area contributed by atoms with E-state index in [1.165, 1.54) is 12.1 Å². The highest BCUT2D eigenvalue weighted by atomic mass is 35.5. The fourth-order valence-corrected chi connectivity index (χ4v) is 3.60. The summed E-state index contributed by atoms with van der Waals surface area (Å²) in [5, 5.41) is 3.61. The zero-order chi connectivity index (χ0) is 15.5. The molecule has 0 aliphatic carbocycles. The van der Waals surface area contributed by atoms with Crippen LogP contribution in [0.15, 0.2) is 23.1 Å². The summed E-state index contributed by atoms with van der Waals surface area (Å²) in [7, 11) is -3.71. The minimum atomic E-state index is -3.71. The summed E-state index contributed by atoms with van der Waals surface area (Å²) in [6.45, 7) is 4.09. The van der Waals surface area contributed by atoms with Crippen molar-refractivity contribution < 1.29 is 13.2 Å². The SMILES string of the molecule is Cc1cc(Cl)ccc1S(=O)(=O)NCC(=O)N1CCNCC1. The van der Waals surface area contributed by atoms with Crippen molar-refractivity contribution in [2.24, 2.45) is 0 Å². The molecule has 0 spiro atoms. The van der Waals surface area contributed by atoms with Crippen molar-refractivity contribution in [2.45, 2.75) is 11.8 Å². The van der Waals surface area contributed by atoms with Gasteiger partial charge in [0.2, 0.25) is 15.9 Å². The van der Waals surface area contributed by atoms with Crippen molar-refractivity contribution >= 4 is 27.5 Å². The third kappa shape index (κ3) is 4.16. The topological polar surface area (TPSA) is 78.5 Å². The maximum atomic E-state index is 12.2. The van der Waals surface area contributed by atoms with E-state index in [0.29, 0.717) is 23.7 Å². The van der Waals surface area contributed by atoms with Gasteiger partial charge in [-0.05, 0) is 30.7 Å². The molecule has 116 valence electrons. The van der Waals surface area contributed by atoms with Gasteiger partial charge in [-0.2, -0.15) is 0 Å². The van der Waals surface area contributed by atoms with E-state index >= 15 is 0 Å². The van der Waals surface area contributed by atoms with Crippen molar-refractivity contribution in [3.8, 4) is 0 Å². The quantitative estimate of drug-likeness (QED) is 0.835. The molecule has 1 aliphatic heterocycles. The summed E-state index contributed by atoms with van der Waals surface area (Å²) in [5.41, 5.74) is 0.546. The van der Waals surface area contributed by atoms with Gasteiger partial charge in [-0.1, -0.05) is 11.6 Å². The molecular formula is C13H18ClN3O3S. The maximum Gasteiger partial charge on any atom is 0.241 e. The molecule has 21 heavy (non-hydrogen) atoms. The second-order valence-corrected chi connectivity index (χ2v) is 7.04. The normalized spacial score (nSPS) is 16.0. The number of hydrogen-bond acceptors (Lipinski definition) is 4. The Kier molecular flexibility index (Phi) is 5.21. The molecule has 0 aromatic heterocycles. The van der Waals surface area contributed by atoms with Crippen molar-refractivity contribution in [3.05, 3.63) is 28.8 Å². The second-order valence-electron chi connectivity index (χ2n) is 4.87. The molecule has 0 radical (unpaired) electrons. The van der Waals surface area contributed by atoms with E-state index in [1.54, 1.807) is 17.9 Å². The van der Waals surface area contributed by atoms with Crippen LogP contribution in [-0.4, -0.2) is 51.9 Å². The highest BCUT2D eigenvalue weighted by Gasteiger charge is 2.21. The number of sulfonamides is 1. The average molecular weight is 332 g/mol. The minimum absolute atomic E-state index is 0.139. The van der Waals surface area contributed by atoms with E-state index in [9.17, 15) is 13.2 Å². The maximum absolute atomic E-state index is 12.2. The lowest BCUT2D eigenvalue weighted by atomic mass is 10.2. The number of nitrogens with one attached hydrogen (secondary N) is 2. The number of carbonyl (C=O) groups is 1. The van der Waals surface area contributed by atoms with Crippen molar-refractivity contribution in [3.63, 3.8) is 0 Å². The first-order chi connectivity index (χ1) is 9.90. The second kappa shape index (κ2) is 6.74. The molecule has 2 rings (SSSR count). The number of nitrogens with zero attached hydrogens (tertiary/aromatic N) is 1. The Labute approximate surface area is 129 Å². The highest BCUT2D eigenvalue weighted by molar-refractivity contribution is 7.89. The summed E-state index contributed by atoms with van der Waals surface area (Å²) in [4.78, 5) is 13.8. The first-order valence-corrected chi connectivity index (χ1v) is 8.50. The number of hydrogen-bond donors (Lipinski definition) is 2. The molecule has 0 atom stereocenters. The van der Waals surface area contributed by atoms with Gasteiger partial charge in [0.25, 0.3) is 0 Å². The third-order valence-electron chi connectivity index (χ3n) is 3.31. The van der Waals surface area contributed by atoms with Gasteiger partial charge >= 0.3 is 0 Å². The summed E-state index contributed by atoms with van der Waals surface area (Å²) < 4.78 is 26.8. The third-order valence-corrected chi connectivity index (χ3v) is 5.11. The molecule has 8 heteroatoms. The van der Waals surface area contributed by atoms with Gasteiger partial charge in [-0.3, -0.25) is 4.79 Å². The fourth-order valence-electron chi connectivity index (χ4n) is 2.17. The first kappa shape index (κ1) is 16.2. The molecule has 1 aromatic carbocycles. The molecule has 1 saturated heterocycles. The summed E-state index contributed by atoms with van der Waals surface area (Å²) in [6, 6.07) is 4.53. The van der Waals surface area contributed by atoms with Crippen LogP contribution in [0.4, 0.5) is 0 Å². The summed E-state index contributed by atoms with van der Waals surface area (Å²) in [5.74, 6) is -0.216. The summed E-state index contributed by atoms with van der Waals surface area (Å²) >= 11 is 5.81. The Hall–Kier alpha value is -1.15. The highest BCUT2D eigenvalue weighted by Crippen LogP contribution is 2.19. The van der Waals surface area contributed by atoms with Crippen LogP contribution in [0.5, 0.6) is 0 Å². The lowest BCUT2D eigenvalue weighted by molar-refractivity contribution is -0.130. The van der Waals surface area contributed by atoms with Crippen LogP contribution in [0, 0.1) is 6.92 Å². The van der Waals surface area contributed by atoms with Crippen molar-refractivity contribution in [1.29, 1.82) is 0 Å². The number of rotatable bonds is 4. The smallest absolute Gasteiger partial charge is 0.241 e. The average Bonchev–Trinajstić information content (AvgIpc) is 2.45. The zero-order valence-corrected chi connectivity index (χ0v) is 13.3. The minimum Gasteiger partial charge on any atom is -0.339 e. The van der Waals surface area contributed by atoms with E-state index in [2.05, 4.69) is 10.0 Å². The largest absolute Gasteiger partial charge is 0.339 e. The number of amides is 1. The van der Waals surface area contributed by atoms with Gasteiger partial charge in [-0.25, -0.2) is 13.1 Å². The zero-order valence-electron chi connectivity index (χ0n) is 11.7. The van der Waals surface area contributed by atoms with Gasteiger partial charge in [-0.15, -0.1) is 0 Å². The van der Waals surface area contributed by atoms with Gasteiger partial charge in [0, 0.05) is 31.2 Å². The number of carbonyl (C=O) groups excluding carboxylic acids is 1. The molecule has 1 aliphatic rings. The molecule has 2 N–H and O–H groups in total. The Morgan fingerprint density at radius 3 is 2.67 bits per heavy atom. The van der Waals surface area contributed by atoms with Crippen molar-refractivity contribution in [1.82, 2.24) is 14.9 Å². The van der Waals surface area contributed by atoms with Crippen LogP contribution < -0.4 is 10.0 Å². The Bertz CT molecular complexity index is 628. The van der Waals surface area contributed by atoms with E-state index in [0.717, 1.165) is 13.1 Å². The van der Waals surface area contributed by atoms with Gasteiger partial charge in [0.1, 0.15) is 0 Å². The predicted octanol–water partition coefficient (Wildman–Crippen LogP) is 0.359. The molecule has 0 saturated carbocycles. The van der Waals surface area contributed by atoms with Gasteiger partial charge in [0.15, 0.2) is 0 Å². The number of halogens is 1. The monoisotopic (exact) mass is 331 g/mol. The Balaban J connectivity index is 2.02. The summed E-state index contributed by atoms with van der Waals surface area (Å²) in [6.07, 6.45) is 0. The molecular weight excluding hydrogens is 314 g/mol. The number of piperazine rings is 1. The molecule has 1 fully saturated rings. The molecule has 6 nitrogen and oxygen atoms in total. The molecule has 1 aromatic rings. The molecule has 0 bridgehead atoms. The van der Waals surface area contributed by atoms with Crippen LogP contribution in [0.25, 0.3) is 0 Å².